The minimum absolute atomic E-state index is 0.374. The van der Waals surface area contributed by atoms with E-state index in [0.29, 0.717) is 12.5 Å². The molecule has 0 bridgehead atoms. The second-order valence-corrected chi connectivity index (χ2v) is 3.93. The highest BCUT2D eigenvalue weighted by molar-refractivity contribution is 5.47. The van der Waals surface area contributed by atoms with Crippen molar-refractivity contribution in [2.75, 3.05) is 25.5 Å². The van der Waals surface area contributed by atoms with Gasteiger partial charge in [-0.3, -0.25) is 0 Å². The molecular formula is C13H19N3. The Hall–Kier alpha value is -1.53. The molecule has 1 N–H and O–H groups in total. The summed E-state index contributed by atoms with van der Waals surface area (Å²) in [5.74, 6) is 0. The maximum absolute atomic E-state index is 8.53. The summed E-state index contributed by atoms with van der Waals surface area (Å²) >= 11 is 0. The lowest BCUT2D eigenvalue weighted by atomic mass is 10.1. The first-order valence-electron chi connectivity index (χ1n) is 5.54. The van der Waals surface area contributed by atoms with Crippen LogP contribution in [-0.4, -0.2) is 20.6 Å². The third kappa shape index (κ3) is 3.25. The first-order valence-corrected chi connectivity index (χ1v) is 5.54. The van der Waals surface area contributed by atoms with Crippen molar-refractivity contribution in [3.05, 3.63) is 29.8 Å². The fourth-order valence-electron chi connectivity index (χ4n) is 1.53. The average Bonchev–Trinajstić information content (AvgIpc) is 2.35. The Morgan fingerprint density at radius 1 is 1.38 bits per heavy atom. The molecule has 0 aliphatic rings. The minimum Gasteiger partial charge on any atom is -0.374 e. The number of benzene rings is 1. The molecule has 0 saturated carbocycles. The van der Waals surface area contributed by atoms with Gasteiger partial charge in [0.15, 0.2) is 0 Å². The number of hydrogen-bond acceptors (Lipinski definition) is 3. The monoisotopic (exact) mass is 217 g/mol. The number of nitriles is 1. The number of anilines is 1. The lowest BCUT2D eigenvalue weighted by Gasteiger charge is -2.19. The molecule has 1 aromatic rings. The molecule has 1 atom stereocenters. The van der Waals surface area contributed by atoms with E-state index in [1.165, 1.54) is 5.56 Å². The molecule has 0 saturated heterocycles. The van der Waals surface area contributed by atoms with Crippen molar-refractivity contribution in [2.45, 2.75) is 19.4 Å². The predicted octanol–water partition coefficient (Wildman–Crippen LogP) is 2.32. The molecule has 0 radical (unpaired) electrons. The van der Waals surface area contributed by atoms with Gasteiger partial charge in [0.2, 0.25) is 0 Å². The van der Waals surface area contributed by atoms with Crippen LogP contribution in [0.4, 0.5) is 5.69 Å². The lowest BCUT2D eigenvalue weighted by molar-refractivity contribution is 0.652. The molecule has 0 aliphatic carbocycles. The highest BCUT2D eigenvalue weighted by Gasteiger charge is 2.03. The second-order valence-electron chi connectivity index (χ2n) is 3.93. The standard InChI is InChI=1S/C13H19N3/c1-11(15-2)12-5-7-13(8-6-12)16(3)10-4-9-14/h5-8,11,15H,4,10H2,1-3H3. The fourth-order valence-corrected chi connectivity index (χ4v) is 1.53. The van der Waals surface area contributed by atoms with Crippen molar-refractivity contribution in [1.82, 2.24) is 5.32 Å². The Labute approximate surface area is 97.7 Å². The summed E-state index contributed by atoms with van der Waals surface area (Å²) < 4.78 is 0. The van der Waals surface area contributed by atoms with E-state index in [1.54, 1.807) is 0 Å². The van der Waals surface area contributed by atoms with Gasteiger partial charge in [-0.15, -0.1) is 0 Å². The predicted molar refractivity (Wildman–Crippen MR) is 67.4 cm³/mol. The lowest BCUT2D eigenvalue weighted by Crippen LogP contribution is -2.18. The Balaban J connectivity index is 2.67. The number of rotatable bonds is 5. The first kappa shape index (κ1) is 12.5. The summed E-state index contributed by atoms with van der Waals surface area (Å²) in [5, 5.41) is 11.7. The Morgan fingerprint density at radius 2 is 2.00 bits per heavy atom. The number of nitrogens with zero attached hydrogens (tertiary/aromatic N) is 2. The summed E-state index contributed by atoms with van der Waals surface area (Å²) in [6, 6.07) is 11.0. The molecule has 1 unspecified atom stereocenters. The van der Waals surface area contributed by atoms with Gasteiger partial charge in [-0.1, -0.05) is 12.1 Å². The third-order valence-electron chi connectivity index (χ3n) is 2.83. The largest absolute Gasteiger partial charge is 0.374 e. The van der Waals surface area contributed by atoms with Crippen molar-refractivity contribution < 1.29 is 0 Å². The van der Waals surface area contributed by atoms with Gasteiger partial charge in [0, 0.05) is 25.3 Å². The zero-order valence-electron chi connectivity index (χ0n) is 10.2. The van der Waals surface area contributed by atoms with E-state index in [4.69, 9.17) is 5.26 Å². The molecule has 0 amide bonds. The molecule has 0 spiro atoms. The Kier molecular flexibility index (Phi) is 4.81. The van der Waals surface area contributed by atoms with Crippen LogP contribution in [0.25, 0.3) is 0 Å². The van der Waals surface area contributed by atoms with Crippen molar-refractivity contribution >= 4 is 5.69 Å². The average molecular weight is 217 g/mol. The molecule has 3 nitrogen and oxygen atoms in total. The number of nitrogens with one attached hydrogen (secondary N) is 1. The normalized spacial score (nSPS) is 11.9. The maximum Gasteiger partial charge on any atom is 0.0640 e. The van der Waals surface area contributed by atoms with Gasteiger partial charge in [0.05, 0.1) is 12.5 Å². The molecule has 0 aromatic heterocycles. The maximum atomic E-state index is 8.53. The zero-order chi connectivity index (χ0) is 12.0. The summed E-state index contributed by atoms with van der Waals surface area (Å²) in [7, 11) is 3.96. The van der Waals surface area contributed by atoms with Crippen molar-refractivity contribution in [3.8, 4) is 6.07 Å². The Morgan fingerprint density at radius 3 is 2.50 bits per heavy atom. The van der Waals surface area contributed by atoms with E-state index in [9.17, 15) is 0 Å². The smallest absolute Gasteiger partial charge is 0.0640 e. The van der Waals surface area contributed by atoms with Gasteiger partial charge in [-0.25, -0.2) is 0 Å². The van der Waals surface area contributed by atoms with Crippen LogP contribution in [0.2, 0.25) is 0 Å². The summed E-state index contributed by atoms with van der Waals surface area (Å²) in [6.07, 6.45) is 0.561. The molecule has 3 heteroatoms. The van der Waals surface area contributed by atoms with Crippen LogP contribution in [0, 0.1) is 11.3 Å². The van der Waals surface area contributed by atoms with Crippen LogP contribution in [0.3, 0.4) is 0 Å². The number of hydrogen-bond donors (Lipinski definition) is 1. The van der Waals surface area contributed by atoms with Crippen molar-refractivity contribution in [3.63, 3.8) is 0 Å². The molecule has 0 heterocycles. The van der Waals surface area contributed by atoms with Crippen LogP contribution in [-0.2, 0) is 0 Å². The molecule has 1 aromatic carbocycles. The van der Waals surface area contributed by atoms with Crippen LogP contribution in [0.1, 0.15) is 24.9 Å². The molecule has 1 rings (SSSR count). The topological polar surface area (TPSA) is 39.1 Å². The highest BCUT2D eigenvalue weighted by Crippen LogP contribution is 2.18. The van der Waals surface area contributed by atoms with E-state index in [1.807, 2.05) is 14.1 Å². The zero-order valence-corrected chi connectivity index (χ0v) is 10.2. The van der Waals surface area contributed by atoms with Crippen LogP contribution < -0.4 is 10.2 Å². The quantitative estimate of drug-likeness (QED) is 0.822. The fraction of sp³-hybridized carbons (Fsp3) is 0.462. The summed E-state index contributed by atoms with van der Waals surface area (Å²) in [4.78, 5) is 2.09. The second kappa shape index (κ2) is 6.14. The van der Waals surface area contributed by atoms with Gasteiger partial charge in [-0.05, 0) is 31.7 Å². The minimum atomic E-state index is 0.374. The van der Waals surface area contributed by atoms with Crippen molar-refractivity contribution in [2.24, 2.45) is 0 Å². The van der Waals surface area contributed by atoms with Crippen LogP contribution in [0.5, 0.6) is 0 Å². The highest BCUT2D eigenvalue weighted by atomic mass is 15.1. The van der Waals surface area contributed by atoms with E-state index in [0.717, 1.165) is 12.2 Å². The van der Waals surface area contributed by atoms with Crippen LogP contribution >= 0.6 is 0 Å². The Bertz CT molecular complexity index is 350. The molecule has 86 valence electrons. The van der Waals surface area contributed by atoms with E-state index < -0.39 is 0 Å². The van der Waals surface area contributed by atoms with E-state index in [-0.39, 0.29) is 0 Å². The third-order valence-corrected chi connectivity index (χ3v) is 2.83. The van der Waals surface area contributed by atoms with Crippen molar-refractivity contribution in [1.29, 1.82) is 5.26 Å². The van der Waals surface area contributed by atoms with Crippen LogP contribution in [0.15, 0.2) is 24.3 Å². The van der Waals surface area contributed by atoms with Gasteiger partial charge < -0.3 is 10.2 Å². The van der Waals surface area contributed by atoms with Gasteiger partial charge in [0.25, 0.3) is 0 Å². The summed E-state index contributed by atoms with van der Waals surface area (Å²) in [6.45, 7) is 2.91. The SMILES string of the molecule is CNC(C)c1ccc(N(C)CCC#N)cc1. The van der Waals surface area contributed by atoms with Gasteiger partial charge in [0.1, 0.15) is 0 Å². The molecular weight excluding hydrogens is 198 g/mol. The summed E-state index contributed by atoms with van der Waals surface area (Å²) in [5.41, 5.74) is 2.43. The first-order chi connectivity index (χ1) is 7.69. The molecule has 0 aliphatic heterocycles. The van der Waals surface area contributed by atoms with E-state index >= 15 is 0 Å². The van der Waals surface area contributed by atoms with E-state index in [2.05, 4.69) is 47.5 Å². The van der Waals surface area contributed by atoms with Gasteiger partial charge >= 0.3 is 0 Å². The van der Waals surface area contributed by atoms with Gasteiger partial charge in [-0.2, -0.15) is 5.26 Å². The molecule has 16 heavy (non-hydrogen) atoms. The molecule has 0 fully saturated rings.